The average Bonchev–Trinajstić information content (AvgIpc) is 2.40. The van der Waals surface area contributed by atoms with Gasteiger partial charge in [-0.2, -0.15) is 8.42 Å². The van der Waals surface area contributed by atoms with Crippen molar-refractivity contribution in [2.24, 2.45) is 4.40 Å². The van der Waals surface area contributed by atoms with E-state index >= 15 is 0 Å². The molecule has 0 saturated carbocycles. The van der Waals surface area contributed by atoms with Gasteiger partial charge in [0.05, 0.1) is 10.6 Å². The second-order valence-electron chi connectivity index (χ2n) is 3.40. The van der Waals surface area contributed by atoms with Crippen LogP contribution in [-0.4, -0.2) is 33.2 Å². The topological polar surface area (TPSA) is 49.7 Å². The largest absolute Gasteiger partial charge is 0.361 e. The Morgan fingerprint density at radius 2 is 2.00 bits per heavy atom. The maximum atomic E-state index is 11.6. The summed E-state index contributed by atoms with van der Waals surface area (Å²) in [5, 5.41) is 0.404. The first kappa shape index (κ1) is 10.4. The number of halogens is 1. The van der Waals surface area contributed by atoms with E-state index in [1.807, 2.05) is 0 Å². The summed E-state index contributed by atoms with van der Waals surface area (Å²) in [7, 11) is -0.103. The van der Waals surface area contributed by atoms with Crippen molar-refractivity contribution in [3.05, 3.63) is 28.8 Å². The molecule has 1 aromatic rings. The minimum atomic E-state index is -3.56. The Morgan fingerprint density at radius 3 is 2.60 bits per heavy atom. The monoisotopic (exact) mass is 244 g/mol. The fourth-order valence-electron chi connectivity index (χ4n) is 1.45. The summed E-state index contributed by atoms with van der Waals surface area (Å²) >= 11 is 5.96. The Hall–Kier alpha value is -1.07. The van der Waals surface area contributed by atoms with E-state index in [1.54, 1.807) is 31.1 Å². The van der Waals surface area contributed by atoms with Crippen LogP contribution in [0.5, 0.6) is 0 Å². The summed E-state index contributed by atoms with van der Waals surface area (Å²) in [5.74, 6) is 0.385. The SMILES string of the molecule is CN(C)C1=NS(=O)(=O)c2cccc(Cl)c21. The van der Waals surface area contributed by atoms with E-state index < -0.39 is 10.0 Å². The highest BCUT2D eigenvalue weighted by Crippen LogP contribution is 2.32. The van der Waals surface area contributed by atoms with Crippen LogP contribution in [0.15, 0.2) is 27.5 Å². The second kappa shape index (κ2) is 3.21. The van der Waals surface area contributed by atoms with Crippen LogP contribution in [0.4, 0.5) is 0 Å². The second-order valence-corrected chi connectivity index (χ2v) is 5.38. The molecule has 0 spiro atoms. The maximum absolute atomic E-state index is 11.6. The van der Waals surface area contributed by atoms with Crippen molar-refractivity contribution in [2.75, 3.05) is 14.1 Å². The van der Waals surface area contributed by atoms with E-state index in [0.29, 0.717) is 16.4 Å². The maximum Gasteiger partial charge on any atom is 0.285 e. The van der Waals surface area contributed by atoms with Gasteiger partial charge in [-0.3, -0.25) is 0 Å². The van der Waals surface area contributed by atoms with Crippen LogP contribution < -0.4 is 0 Å². The third-order valence-corrected chi connectivity index (χ3v) is 3.73. The van der Waals surface area contributed by atoms with E-state index in [1.165, 1.54) is 6.07 Å². The Bertz CT molecular complexity index is 549. The molecule has 15 heavy (non-hydrogen) atoms. The molecule has 0 amide bonds. The summed E-state index contributed by atoms with van der Waals surface area (Å²) in [4.78, 5) is 1.81. The zero-order valence-electron chi connectivity index (χ0n) is 8.23. The molecule has 80 valence electrons. The van der Waals surface area contributed by atoms with Gasteiger partial charge in [-0.05, 0) is 12.1 Å². The van der Waals surface area contributed by atoms with Gasteiger partial charge in [0, 0.05) is 14.1 Å². The lowest BCUT2D eigenvalue weighted by Crippen LogP contribution is -2.21. The molecule has 1 aliphatic heterocycles. The van der Waals surface area contributed by atoms with Gasteiger partial charge in [0.15, 0.2) is 5.84 Å². The lowest BCUT2D eigenvalue weighted by atomic mass is 10.2. The summed E-state index contributed by atoms with van der Waals surface area (Å²) in [6.07, 6.45) is 0. The molecule has 6 heteroatoms. The first-order chi connectivity index (χ1) is 6.93. The molecule has 0 N–H and O–H groups in total. The summed E-state index contributed by atoms with van der Waals surface area (Å²) in [6.45, 7) is 0. The van der Waals surface area contributed by atoms with Crippen molar-refractivity contribution < 1.29 is 8.42 Å². The number of amidine groups is 1. The van der Waals surface area contributed by atoms with Crippen LogP contribution in [0.1, 0.15) is 5.56 Å². The molecule has 4 nitrogen and oxygen atoms in total. The van der Waals surface area contributed by atoms with Gasteiger partial charge in [0.1, 0.15) is 4.90 Å². The van der Waals surface area contributed by atoms with Gasteiger partial charge in [0.25, 0.3) is 10.0 Å². The molecular formula is C9H9ClN2O2S. The number of fused-ring (bicyclic) bond motifs is 1. The van der Waals surface area contributed by atoms with E-state index in [-0.39, 0.29) is 4.90 Å². The van der Waals surface area contributed by atoms with Crippen molar-refractivity contribution >= 4 is 27.5 Å². The molecular weight excluding hydrogens is 236 g/mol. The quantitative estimate of drug-likeness (QED) is 0.692. The average molecular weight is 245 g/mol. The lowest BCUT2D eigenvalue weighted by molar-refractivity contribution is 0.597. The Morgan fingerprint density at radius 1 is 1.33 bits per heavy atom. The van der Waals surface area contributed by atoms with Crippen LogP contribution >= 0.6 is 11.6 Å². The molecule has 0 saturated heterocycles. The summed E-state index contributed by atoms with van der Waals surface area (Å²) in [5.41, 5.74) is 0.490. The Labute approximate surface area is 93.2 Å². The van der Waals surface area contributed by atoms with Crippen molar-refractivity contribution in [3.8, 4) is 0 Å². The van der Waals surface area contributed by atoms with Crippen LogP contribution in [0, 0.1) is 0 Å². The van der Waals surface area contributed by atoms with Crippen molar-refractivity contribution in [2.45, 2.75) is 4.90 Å². The van der Waals surface area contributed by atoms with Gasteiger partial charge < -0.3 is 4.90 Å². The third-order valence-electron chi connectivity index (χ3n) is 2.11. The number of hydrogen-bond donors (Lipinski definition) is 0. The number of sulfonamides is 1. The van der Waals surface area contributed by atoms with Crippen LogP contribution in [0.3, 0.4) is 0 Å². The highest BCUT2D eigenvalue weighted by atomic mass is 35.5. The minimum Gasteiger partial charge on any atom is -0.361 e. The molecule has 0 fully saturated rings. The van der Waals surface area contributed by atoms with Gasteiger partial charge >= 0.3 is 0 Å². The minimum absolute atomic E-state index is 0.179. The Balaban J connectivity index is 2.80. The van der Waals surface area contributed by atoms with Crippen LogP contribution in [0.25, 0.3) is 0 Å². The van der Waals surface area contributed by atoms with Crippen LogP contribution in [0.2, 0.25) is 5.02 Å². The van der Waals surface area contributed by atoms with Crippen LogP contribution in [-0.2, 0) is 10.0 Å². The Kier molecular flexibility index (Phi) is 2.24. The summed E-state index contributed by atoms with van der Waals surface area (Å²) in [6, 6.07) is 4.77. The molecule has 1 heterocycles. The smallest absolute Gasteiger partial charge is 0.285 e. The fourth-order valence-corrected chi connectivity index (χ4v) is 3.06. The van der Waals surface area contributed by atoms with E-state index in [9.17, 15) is 8.42 Å². The molecule has 0 radical (unpaired) electrons. The lowest BCUT2D eigenvalue weighted by Gasteiger charge is -2.12. The molecule has 0 atom stereocenters. The predicted octanol–water partition coefficient (Wildman–Crippen LogP) is 1.35. The predicted molar refractivity (Wildman–Crippen MR) is 58.9 cm³/mol. The first-order valence-corrected chi connectivity index (χ1v) is 6.06. The third kappa shape index (κ3) is 1.52. The van der Waals surface area contributed by atoms with Gasteiger partial charge in [-0.1, -0.05) is 17.7 Å². The van der Waals surface area contributed by atoms with Crippen molar-refractivity contribution in [1.29, 1.82) is 0 Å². The highest BCUT2D eigenvalue weighted by Gasteiger charge is 2.31. The number of rotatable bonds is 0. The first-order valence-electron chi connectivity index (χ1n) is 4.24. The van der Waals surface area contributed by atoms with Crippen molar-refractivity contribution in [3.63, 3.8) is 0 Å². The normalized spacial score (nSPS) is 17.1. The molecule has 0 aliphatic carbocycles. The van der Waals surface area contributed by atoms with Gasteiger partial charge in [-0.15, -0.1) is 4.40 Å². The molecule has 2 rings (SSSR count). The molecule has 0 unspecified atom stereocenters. The number of nitrogens with zero attached hydrogens (tertiary/aromatic N) is 2. The zero-order chi connectivity index (χ0) is 11.2. The van der Waals surface area contributed by atoms with E-state index in [2.05, 4.69) is 4.40 Å². The fraction of sp³-hybridized carbons (Fsp3) is 0.222. The highest BCUT2D eigenvalue weighted by molar-refractivity contribution is 7.90. The number of benzene rings is 1. The number of hydrogen-bond acceptors (Lipinski definition) is 3. The van der Waals surface area contributed by atoms with Gasteiger partial charge in [-0.25, -0.2) is 0 Å². The zero-order valence-corrected chi connectivity index (χ0v) is 9.80. The van der Waals surface area contributed by atoms with Gasteiger partial charge in [0.2, 0.25) is 0 Å². The van der Waals surface area contributed by atoms with Crippen molar-refractivity contribution in [1.82, 2.24) is 4.90 Å². The molecule has 0 bridgehead atoms. The molecule has 0 aromatic heterocycles. The van der Waals surface area contributed by atoms with E-state index in [0.717, 1.165) is 0 Å². The summed E-state index contributed by atoms with van der Waals surface area (Å²) < 4.78 is 27.0. The molecule has 1 aliphatic rings. The standard InChI is InChI=1S/C9H9ClN2O2S/c1-12(2)9-8-6(10)4-3-5-7(8)15(13,14)11-9/h3-5H,1-2H3. The van der Waals surface area contributed by atoms with E-state index in [4.69, 9.17) is 11.6 Å². The molecule has 1 aromatic carbocycles.